The number of non-ortho nitro benzene ring substituents is 1. The number of carbonyl (C=O) groups excluding carboxylic acids is 3. The van der Waals surface area contributed by atoms with Gasteiger partial charge in [-0.2, -0.15) is 0 Å². The summed E-state index contributed by atoms with van der Waals surface area (Å²) in [6, 6.07) is 1.08. The van der Waals surface area contributed by atoms with E-state index in [0.29, 0.717) is 5.56 Å². The Bertz CT molecular complexity index is 1310. The predicted molar refractivity (Wildman–Crippen MR) is 115 cm³/mol. The maximum atomic E-state index is 12.7. The van der Waals surface area contributed by atoms with Crippen LogP contribution in [0, 0.1) is 10.1 Å². The minimum Gasteiger partial charge on any atom is -0.731 e. The molecule has 0 aliphatic carbocycles. The summed E-state index contributed by atoms with van der Waals surface area (Å²) in [6.07, 6.45) is 0. The number of nitrogen functional groups attached to an aromatic ring is 1. The van der Waals surface area contributed by atoms with Crippen LogP contribution in [0.15, 0.2) is 34.8 Å². The second-order valence-corrected chi connectivity index (χ2v) is 8.85. The van der Waals surface area contributed by atoms with E-state index in [0.717, 1.165) is 30.6 Å². The third-order valence-corrected chi connectivity index (χ3v) is 6.07. The Balaban J connectivity index is 0.00000456. The smallest absolute Gasteiger partial charge is 0.731 e. The van der Waals surface area contributed by atoms with Gasteiger partial charge in [0, 0.05) is 17.5 Å². The molecule has 1 fully saturated rings. The molecule has 36 heavy (non-hydrogen) atoms. The van der Waals surface area contributed by atoms with Gasteiger partial charge < -0.3 is 25.2 Å². The van der Waals surface area contributed by atoms with Crippen molar-refractivity contribution in [3.8, 4) is 0 Å². The Morgan fingerprint density at radius 3 is 2.47 bits per heavy atom. The fourth-order valence-corrected chi connectivity index (χ4v) is 4.31. The van der Waals surface area contributed by atoms with Crippen molar-refractivity contribution in [2.24, 2.45) is 5.16 Å². The number of hydrogen-bond acceptors (Lipinski definition) is 14. The van der Waals surface area contributed by atoms with E-state index in [1.54, 1.807) is 0 Å². The summed E-state index contributed by atoms with van der Waals surface area (Å²) >= 11 is 0.974. The van der Waals surface area contributed by atoms with Crippen LogP contribution in [0.25, 0.3) is 0 Å². The number of nitro groups is 1. The zero-order valence-corrected chi connectivity index (χ0v) is 22.1. The summed E-state index contributed by atoms with van der Waals surface area (Å²) in [5, 5.41) is 17.8. The number of carbonyl (C=O) groups is 3. The summed E-state index contributed by atoms with van der Waals surface area (Å²) in [7, 11) is -4.30. The quantitative estimate of drug-likeness (QED) is 0.0576. The molecule has 1 aliphatic rings. The average molecular weight is 550 g/mol. The van der Waals surface area contributed by atoms with Crippen LogP contribution in [0.4, 0.5) is 10.8 Å². The van der Waals surface area contributed by atoms with Crippen molar-refractivity contribution in [2.45, 2.75) is 18.7 Å². The molecule has 186 valence electrons. The average Bonchev–Trinajstić information content (AvgIpc) is 3.22. The Kier molecular flexibility index (Phi) is 9.46. The van der Waals surface area contributed by atoms with Crippen LogP contribution in [-0.2, 0) is 40.9 Å². The first-order chi connectivity index (χ1) is 16.4. The number of hydrogen-bond donors (Lipinski definition) is 2. The molecule has 2 heterocycles. The molecule has 3 rings (SSSR count). The van der Waals surface area contributed by atoms with Gasteiger partial charge in [0.1, 0.15) is 25.5 Å². The molecule has 3 N–H and O–H groups in total. The number of β-lactam (4-membered cyclic amide) rings is 1. The van der Waals surface area contributed by atoms with Crippen LogP contribution in [0.3, 0.4) is 0 Å². The molecule has 1 aliphatic heterocycles. The normalized spacial score (nSPS) is 17.4. The largest absolute Gasteiger partial charge is 1.00 e. The molecule has 1 saturated heterocycles. The first-order valence-corrected chi connectivity index (χ1v) is 11.5. The van der Waals surface area contributed by atoms with Crippen LogP contribution in [0.2, 0.25) is 0 Å². The maximum Gasteiger partial charge on any atom is 1.00 e. The number of thiazole rings is 1. The van der Waals surface area contributed by atoms with E-state index in [9.17, 15) is 37.5 Å². The number of nitro benzene ring substituents is 1. The molecule has 0 unspecified atom stereocenters. The van der Waals surface area contributed by atoms with E-state index in [2.05, 4.69) is 20.3 Å². The van der Waals surface area contributed by atoms with Gasteiger partial charge in [-0.3, -0.25) is 19.7 Å². The topological polar surface area (TPSA) is 237 Å². The Hall–Kier alpha value is -3.16. The number of rotatable bonds is 9. The number of benzene rings is 1. The number of esters is 1. The third-order valence-electron chi connectivity index (χ3n) is 4.51. The van der Waals surface area contributed by atoms with Gasteiger partial charge in [-0.1, -0.05) is 5.16 Å². The number of aromatic nitrogens is 1. The summed E-state index contributed by atoms with van der Waals surface area (Å²) in [6.45, 7) is -0.469. The van der Waals surface area contributed by atoms with Crippen LogP contribution in [0.1, 0.15) is 11.3 Å². The van der Waals surface area contributed by atoms with E-state index in [-0.39, 0.29) is 50.4 Å². The monoisotopic (exact) mass is 550 g/mol. The number of oxime groups is 1. The number of anilines is 1. The molecule has 16 nitrogen and oxygen atoms in total. The molecule has 2 aromatic rings. The van der Waals surface area contributed by atoms with Crippen LogP contribution in [0.5, 0.6) is 0 Å². The second kappa shape index (κ2) is 11.7. The van der Waals surface area contributed by atoms with Crippen LogP contribution in [-0.4, -0.2) is 69.9 Å². The molecular weight excluding hydrogens is 535 g/mol. The molecule has 0 radical (unpaired) electrons. The van der Waals surface area contributed by atoms with E-state index in [1.165, 1.54) is 17.5 Å². The SMILES string of the molecule is CON=C(C(=O)N[C@@H]1C(=O)N(S(=O)(=O)[O-])[C@@H]1C(=O)OCc1ccc([N+](=O)[O-])cc1)c1csc(N)n1.[Na+]. The number of nitrogens with one attached hydrogen (secondary N) is 1. The minimum absolute atomic E-state index is 0. The van der Waals surface area contributed by atoms with Crippen LogP contribution < -0.4 is 40.6 Å². The number of amides is 2. The standard InChI is InChI=1S/C17H16N6O10S2.Na/c1-32-21-11(10-7-34-17(18)19-10)14(24)20-12-13(22(15(12)25)35(29,30)31)16(26)33-6-8-2-4-9(5-3-8)23(27)28;/h2-5,7,12-13H,6H2,1H3,(H2,18,19)(H,20,24)(H,29,30,31);/q;+1/p-1/t12-,13-;/m0./s1. The van der Waals surface area contributed by atoms with Gasteiger partial charge in [-0.25, -0.2) is 22.5 Å². The summed E-state index contributed by atoms with van der Waals surface area (Å²) in [4.78, 5) is 56.1. The maximum absolute atomic E-state index is 12.7. The molecule has 2 atom stereocenters. The molecular formula is C17H15N6NaO10S2. The van der Waals surface area contributed by atoms with Gasteiger partial charge in [-0.05, 0) is 17.7 Å². The molecule has 0 bridgehead atoms. The first kappa shape index (κ1) is 29.1. The Labute approximate surface area is 228 Å². The van der Waals surface area contributed by atoms with E-state index in [4.69, 9.17) is 10.5 Å². The first-order valence-electron chi connectivity index (χ1n) is 9.26. The minimum atomic E-state index is -5.43. The predicted octanol–water partition coefficient (Wildman–Crippen LogP) is -4.11. The van der Waals surface area contributed by atoms with Crippen molar-refractivity contribution in [3.63, 3.8) is 0 Å². The van der Waals surface area contributed by atoms with Gasteiger partial charge in [0.15, 0.2) is 27.2 Å². The van der Waals surface area contributed by atoms with Crippen molar-refractivity contribution in [1.29, 1.82) is 0 Å². The molecule has 1 aromatic carbocycles. The zero-order valence-electron chi connectivity index (χ0n) is 18.5. The van der Waals surface area contributed by atoms with Crippen molar-refractivity contribution in [3.05, 3.63) is 51.0 Å². The molecule has 2 amide bonds. The molecule has 0 saturated carbocycles. The molecule has 19 heteroatoms. The van der Waals surface area contributed by atoms with Gasteiger partial charge >= 0.3 is 35.5 Å². The van der Waals surface area contributed by atoms with Crippen LogP contribution >= 0.6 is 11.3 Å². The molecule has 0 spiro atoms. The Morgan fingerprint density at radius 2 is 1.97 bits per heavy atom. The Morgan fingerprint density at radius 1 is 1.33 bits per heavy atom. The van der Waals surface area contributed by atoms with Crippen molar-refractivity contribution in [2.75, 3.05) is 12.8 Å². The van der Waals surface area contributed by atoms with Gasteiger partial charge in [0.25, 0.3) is 17.5 Å². The number of nitrogens with zero attached hydrogens (tertiary/aromatic N) is 4. The summed E-state index contributed by atoms with van der Waals surface area (Å²) < 4.78 is 39.2. The fourth-order valence-electron chi connectivity index (χ4n) is 2.94. The number of nitrogens with two attached hydrogens (primary N) is 1. The zero-order chi connectivity index (χ0) is 25.9. The summed E-state index contributed by atoms with van der Waals surface area (Å²) in [5.74, 6) is -3.78. The van der Waals surface area contributed by atoms with E-state index >= 15 is 0 Å². The van der Waals surface area contributed by atoms with E-state index < -0.39 is 57.4 Å². The van der Waals surface area contributed by atoms with Gasteiger partial charge in [-0.15, -0.1) is 11.3 Å². The van der Waals surface area contributed by atoms with Crippen molar-refractivity contribution in [1.82, 2.24) is 14.6 Å². The number of ether oxygens (including phenoxy) is 1. The van der Waals surface area contributed by atoms with Crippen molar-refractivity contribution >= 4 is 56.0 Å². The van der Waals surface area contributed by atoms with Crippen molar-refractivity contribution < 1.29 is 71.4 Å². The van der Waals surface area contributed by atoms with Gasteiger partial charge in [0.2, 0.25) is 0 Å². The molecule has 1 aromatic heterocycles. The summed E-state index contributed by atoms with van der Waals surface area (Å²) in [5.41, 5.74) is 5.15. The third kappa shape index (κ3) is 6.33. The second-order valence-electron chi connectivity index (χ2n) is 6.71. The van der Waals surface area contributed by atoms with Gasteiger partial charge in [0.05, 0.1) is 4.92 Å². The van der Waals surface area contributed by atoms with E-state index in [1.807, 2.05) is 0 Å². The fraction of sp³-hybridized carbons (Fsp3) is 0.235.